The first kappa shape index (κ1) is 17.7. The SMILES string of the molecule is C/C1=C\CC[C@@]2(C)[C@H](O)C[C@@H](CC/C(C)=C/CC1)[C@@]2(C)CO. The van der Waals surface area contributed by atoms with Gasteiger partial charge in [0.25, 0.3) is 0 Å². The second-order valence-electron chi connectivity index (χ2n) is 8.16. The molecule has 0 aliphatic heterocycles. The van der Waals surface area contributed by atoms with Crippen LogP contribution in [0.3, 0.4) is 0 Å². The summed E-state index contributed by atoms with van der Waals surface area (Å²) in [6.07, 6.45) is 11.7. The third-order valence-electron chi connectivity index (χ3n) is 6.85. The van der Waals surface area contributed by atoms with Crippen LogP contribution in [0, 0.1) is 16.7 Å². The number of allylic oxidation sites excluding steroid dienone is 4. The van der Waals surface area contributed by atoms with Crippen LogP contribution in [0.15, 0.2) is 23.3 Å². The zero-order valence-corrected chi connectivity index (χ0v) is 14.9. The van der Waals surface area contributed by atoms with E-state index in [2.05, 4.69) is 39.8 Å². The van der Waals surface area contributed by atoms with Crippen LogP contribution in [-0.2, 0) is 0 Å². The van der Waals surface area contributed by atoms with Gasteiger partial charge in [-0.15, -0.1) is 0 Å². The van der Waals surface area contributed by atoms with E-state index < -0.39 is 0 Å². The van der Waals surface area contributed by atoms with Crippen LogP contribution in [0.4, 0.5) is 0 Å². The standard InChI is InChI=1S/C20H34O2/c1-15-7-5-8-16(2)10-11-17-13-18(22)19(3,12-6-9-15)20(17,4)14-21/h8-9,17-18,21-22H,5-7,10-14H2,1-4H3/b15-9+,16-8+/t17-,18-,19+,20-/m1/s1. The van der Waals surface area contributed by atoms with Crippen molar-refractivity contribution < 1.29 is 10.2 Å². The number of fused-ring (bicyclic) bond motifs is 2. The first-order valence-electron chi connectivity index (χ1n) is 8.93. The number of hydrogen-bond donors (Lipinski definition) is 2. The molecule has 0 saturated heterocycles. The molecule has 2 aliphatic carbocycles. The summed E-state index contributed by atoms with van der Waals surface area (Å²) >= 11 is 0. The quantitative estimate of drug-likeness (QED) is 0.694. The molecule has 0 heterocycles. The van der Waals surface area contributed by atoms with E-state index in [9.17, 15) is 10.2 Å². The Hall–Kier alpha value is -0.600. The average molecular weight is 306 g/mol. The molecule has 0 aromatic carbocycles. The summed E-state index contributed by atoms with van der Waals surface area (Å²) < 4.78 is 0. The molecule has 0 spiro atoms. The molecule has 126 valence electrons. The molecule has 1 fully saturated rings. The van der Waals surface area contributed by atoms with E-state index in [4.69, 9.17) is 0 Å². The summed E-state index contributed by atoms with van der Waals surface area (Å²) in [4.78, 5) is 0. The van der Waals surface area contributed by atoms with Crippen molar-refractivity contribution in [3.63, 3.8) is 0 Å². The topological polar surface area (TPSA) is 40.5 Å². The monoisotopic (exact) mass is 306 g/mol. The van der Waals surface area contributed by atoms with Crippen LogP contribution in [0.1, 0.15) is 72.6 Å². The minimum Gasteiger partial charge on any atom is -0.396 e. The van der Waals surface area contributed by atoms with Crippen molar-refractivity contribution in [1.82, 2.24) is 0 Å². The van der Waals surface area contributed by atoms with Crippen molar-refractivity contribution in [3.05, 3.63) is 23.3 Å². The molecular formula is C20H34O2. The van der Waals surface area contributed by atoms with Crippen LogP contribution in [0.5, 0.6) is 0 Å². The Kier molecular flexibility index (Phi) is 5.55. The molecule has 1 saturated carbocycles. The van der Waals surface area contributed by atoms with E-state index in [1.165, 1.54) is 11.1 Å². The lowest BCUT2D eigenvalue weighted by molar-refractivity contribution is -0.0517. The minimum atomic E-state index is -0.296. The Bertz CT molecular complexity index is 451. The summed E-state index contributed by atoms with van der Waals surface area (Å²) in [7, 11) is 0. The van der Waals surface area contributed by atoms with Gasteiger partial charge >= 0.3 is 0 Å². The highest BCUT2D eigenvalue weighted by Crippen LogP contribution is 2.59. The van der Waals surface area contributed by atoms with E-state index in [-0.39, 0.29) is 23.5 Å². The molecule has 2 N–H and O–H groups in total. The zero-order chi connectivity index (χ0) is 16.4. The fraction of sp³-hybridized carbons (Fsp3) is 0.800. The van der Waals surface area contributed by atoms with Crippen LogP contribution >= 0.6 is 0 Å². The highest BCUT2D eigenvalue weighted by atomic mass is 16.3. The number of aliphatic hydroxyl groups is 2. The third kappa shape index (κ3) is 3.19. The molecule has 2 heteroatoms. The largest absolute Gasteiger partial charge is 0.396 e. The molecule has 2 rings (SSSR count). The lowest BCUT2D eigenvalue weighted by Gasteiger charge is -2.44. The van der Waals surface area contributed by atoms with E-state index in [0.717, 1.165) is 44.9 Å². The molecule has 22 heavy (non-hydrogen) atoms. The van der Waals surface area contributed by atoms with E-state index in [1.807, 2.05) is 0 Å². The van der Waals surface area contributed by atoms with Gasteiger partial charge in [-0.05, 0) is 64.7 Å². The molecule has 0 aromatic rings. The molecule has 0 aromatic heterocycles. The number of hydrogen-bond acceptors (Lipinski definition) is 2. The maximum atomic E-state index is 10.7. The highest BCUT2D eigenvalue weighted by Gasteiger charge is 2.58. The van der Waals surface area contributed by atoms with Crippen molar-refractivity contribution in [2.75, 3.05) is 6.61 Å². The van der Waals surface area contributed by atoms with Gasteiger partial charge in [-0.1, -0.05) is 37.1 Å². The Labute approximate surface area is 136 Å². The van der Waals surface area contributed by atoms with Gasteiger partial charge in [0.15, 0.2) is 0 Å². The molecule has 0 radical (unpaired) electrons. The fourth-order valence-corrected chi connectivity index (χ4v) is 4.61. The molecule has 0 amide bonds. The van der Waals surface area contributed by atoms with Crippen LogP contribution in [0.25, 0.3) is 0 Å². The molecule has 2 aliphatic rings. The lowest BCUT2D eigenvalue weighted by atomic mass is 9.61. The van der Waals surface area contributed by atoms with Gasteiger partial charge in [-0.25, -0.2) is 0 Å². The Morgan fingerprint density at radius 2 is 1.73 bits per heavy atom. The summed E-state index contributed by atoms with van der Waals surface area (Å²) in [6.45, 7) is 9.00. The molecular weight excluding hydrogens is 272 g/mol. The Balaban J connectivity index is 2.31. The van der Waals surface area contributed by atoms with E-state index >= 15 is 0 Å². The van der Waals surface area contributed by atoms with Gasteiger partial charge in [0.2, 0.25) is 0 Å². The maximum absolute atomic E-state index is 10.7. The molecule has 2 nitrogen and oxygen atoms in total. The molecule has 2 bridgehead atoms. The maximum Gasteiger partial charge on any atom is 0.0602 e. The van der Waals surface area contributed by atoms with Gasteiger partial charge in [0, 0.05) is 17.4 Å². The summed E-state index contributed by atoms with van der Waals surface area (Å²) in [5.41, 5.74) is 2.54. The van der Waals surface area contributed by atoms with Crippen molar-refractivity contribution in [2.24, 2.45) is 16.7 Å². The van der Waals surface area contributed by atoms with Gasteiger partial charge in [0.05, 0.1) is 6.10 Å². The van der Waals surface area contributed by atoms with E-state index in [1.54, 1.807) is 0 Å². The molecule has 4 atom stereocenters. The number of aliphatic hydroxyl groups excluding tert-OH is 2. The van der Waals surface area contributed by atoms with Crippen molar-refractivity contribution >= 4 is 0 Å². The first-order chi connectivity index (χ1) is 10.3. The summed E-state index contributed by atoms with van der Waals surface area (Å²) in [5.74, 6) is 0.409. The smallest absolute Gasteiger partial charge is 0.0602 e. The van der Waals surface area contributed by atoms with Gasteiger partial charge in [-0.2, -0.15) is 0 Å². The van der Waals surface area contributed by atoms with E-state index in [0.29, 0.717) is 5.92 Å². The zero-order valence-electron chi connectivity index (χ0n) is 14.9. The predicted molar refractivity (Wildman–Crippen MR) is 92.6 cm³/mol. The van der Waals surface area contributed by atoms with Crippen molar-refractivity contribution in [2.45, 2.75) is 78.7 Å². The summed E-state index contributed by atoms with van der Waals surface area (Å²) in [5, 5.41) is 20.9. The Morgan fingerprint density at radius 1 is 1.09 bits per heavy atom. The number of rotatable bonds is 1. The minimum absolute atomic E-state index is 0.177. The molecule has 0 unspecified atom stereocenters. The predicted octanol–water partition coefficient (Wildman–Crippen LogP) is 4.62. The second kappa shape index (κ2) is 6.88. The third-order valence-corrected chi connectivity index (χ3v) is 6.85. The van der Waals surface area contributed by atoms with Crippen LogP contribution in [-0.4, -0.2) is 22.9 Å². The van der Waals surface area contributed by atoms with Crippen LogP contribution in [0.2, 0.25) is 0 Å². The van der Waals surface area contributed by atoms with Gasteiger partial charge in [-0.3, -0.25) is 0 Å². The van der Waals surface area contributed by atoms with Gasteiger partial charge < -0.3 is 10.2 Å². The van der Waals surface area contributed by atoms with Crippen LogP contribution < -0.4 is 0 Å². The van der Waals surface area contributed by atoms with Gasteiger partial charge in [0.1, 0.15) is 0 Å². The highest BCUT2D eigenvalue weighted by molar-refractivity contribution is 5.11. The Morgan fingerprint density at radius 3 is 2.41 bits per heavy atom. The average Bonchev–Trinajstić information content (AvgIpc) is 2.66. The first-order valence-corrected chi connectivity index (χ1v) is 8.93. The summed E-state index contributed by atoms with van der Waals surface area (Å²) in [6, 6.07) is 0. The second-order valence-corrected chi connectivity index (χ2v) is 8.16. The normalized spacial score (nSPS) is 45.7. The fourth-order valence-electron chi connectivity index (χ4n) is 4.61. The van der Waals surface area contributed by atoms with Crippen molar-refractivity contribution in [3.8, 4) is 0 Å². The van der Waals surface area contributed by atoms with Crippen molar-refractivity contribution in [1.29, 1.82) is 0 Å². The lowest BCUT2D eigenvalue weighted by Crippen LogP contribution is -2.44.